The molecule has 6 nitrogen and oxygen atoms in total. The Hall–Kier alpha value is -2.08. The second-order valence-corrected chi connectivity index (χ2v) is 4.26. The Morgan fingerprint density at radius 2 is 2.26 bits per heavy atom. The first kappa shape index (κ1) is 13.4. The van der Waals surface area contributed by atoms with Gasteiger partial charge in [-0.3, -0.25) is 4.79 Å². The smallest absolute Gasteiger partial charge is 0.328 e. The zero-order chi connectivity index (χ0) is 13.8. The second-order valence-electron chi connectivity index (χ2n) is 4.26. The highest BCUT2D eigenvalue weighted by Gasteiger charge is 2.32. The van der Waals surface area contributed by atoms with Gasteiger partial charge in [0, 0.05) is 12.7 Å². The number of fused-ring (bicyclic) bond motifs is 1. The van der Waals surface area contributed by atoms with Gasteiger partial charge in [0.15, 0.2) is 6.04 Å². The van der Waals surface area contributed by atoms with Crippen LogP contribution in [0.2, 0.25) is 0 Å². The van der Waals surface area contributed by atoms with Gasteiger partial charge in [-0.15, -0.1) is 0 Å². The Balaban J connectivity index is 2.07. The van der Waals surface area contributed by atoms with E-state index in [1.54, 1.807) is 12.1 Å². The molecule has 6 heteroatoms. The summed E-state index contributed by atoms with van der Waals surface area (Å²) in [5, 5.41) is 11.4. The quantitative estimate of drug-likeness (QED) is 0.804. The van der Waals surface area contributed by atoms with Crippen molar-refractivity contribution in [3.63, 3.8) is 0 Å². The van der Waals surface area contributed by atoms with Gasteiger partial charge in [-0.1, -0.05) is 18.2 Å². The zero-order valence-corrected chi connectivity index (χ0v) is 10.5. The molecule has 19 heavy (non-hydrogen) atoms. The van der Waals surface area contributed by atoms with E-state index in [0.29, 0.717) is 5.75 Å². The van der Waals surface area contributed by atoms with Crippen LogP contribution in [0.4, 0.5) is 0 Å². The fourth-order valence-electron chi connectivity index (χ4n) is 1.99. The second kappa shape index (κ2) is 5.71. The van der Waals surface area contributed by atoms with Crippen LogP contribution in [0.25, 0.3) is 0 Å². The van der Waals surface area contributed by atoms with Gasteiger partial charge in [-0.05, 0) is 6.07 Å². The number of hydrogen-bond donors (Lipinski definition) is 2. The van der Waals surface area contributed by atoms with Crippen LogP contribution in [0, 0.1) is 0 Å². The lowest BCUT2D eigenvalue weighted by atomic mass is 10.0. The van der Waals surface area contributed by atoms with Gasteiger partial charge in [0.25, 0.3) is 0 Å². The Morgan fingerprint density at radius 1 is 1.53 bits per heavy atom. The molecule has 2 N–H and O–H groups in total. The van der Waals surface area contributed by atoms with E-state index in [-0.39, 0.29) is 19.1 Å². The molecule has 0 radical (unpaired) electrons. The number of carboxylic acids is 1. The number of carbonyl (C=O) groups is 2. The van der Waals surface area contributed by atoms with E-state index < -0.39 is 17.9 Å². The van der Waals surface area contributed by atoms with E-state index in [4.69, 9.17) is 14.6 Å². The number of aliphatic carboxylic acids is 1. The molecule has 2 atom stereocenters. The molecule has 0 spiro atoms. The lowest BCUT2D eigenvalue weighted by molar-refractivity contribution is -0.143. The van der Waals surface area contributed by atoms with Gasteiger partial charge in [0.2, 0.25) is 5.91 Å². The number of nitrogens with one attached hydrogen (secondary N) is 1. The predicted octanol–water partition coefficient (Wildman–Crippen LogP) is 0.378. The Morgan fingerprint density at radius 3 is 2.95 bits per heavy atom. The first-order valence-corrected chi connectivity index (χ1v) is 5.87. The number of benzene rings is 1. The van der Waals surface area contributed by atoms with E-state index in [0.717, 1.165) is 5.56 Å². The minimum atomic E-state index is -1.12. The molecule has 1 amide bonds. The molecule has 102 valence electrons. The summed E-state index contributed by atoms with van der Waals surface area (Å²) in [5.74, 6) is -1.30. The average Bonchev–Trinajstić information content (AvgIpc) is 2.81. The van der Waals surface area contributed by atoms with Crippen molar-refractivity contribution >= 4 is 11.9 Å². The number of carbonyl (C=O) groups excluding carboxylic acids is 1. The number of ether oxygens (including phenoxy) is 2. The molecule has 1 aliphatic rings. The summed E-state index contributed by atoms with van der Waals surface area (Å²) in [6.45, 7) is 0.154. The van der Waals surface area contributed by atoms with E-state index >= 15 is 0 Å². The number of carboxylic acid groups (broad SMARTS) is 1. The molecule has 1 heterocycles. The average molecular weight is 265 g/mol. The number of methoxy groups -OCH3 is 1. The Bertz CT molecular complexity index is 488. The maximum Gasteiger partial charge on any atom is 0.328 e. The van der Waals surface area contributed by atoms with Gasteiger partial charge >= 0.3 is 5.97 Å². The van der Waals surface area contributed by atoms with E-state index in [2.05, 4.69) is 5.32 Å². The highest BCUT2D eigenvalue weighted by Crippen LogP contribution is 2.33. The van der Waals surface area contributed by atoms with Gasteiger partial charge in [0.1, 0.15) is 18.3 Å². The van der Waals surface area contributed by atoms with Crippen LogP contribution in [0.5, 0.6) is 5.75 Å². The summed E-state index contributed by atoms with van der Waals surface area (Å²) in [5.41, 5.74) is 0.779. The minimum absolute atomic E-state index is 0.0731. The summed E-state index contributed by atoms with van der Waals surface area (Å²) < 4.78 is 10.2. The van der Waals surface area contributed by atoms with Crippen molar-refractivity contribution in [2.24, 2.45) is 0 Å². The van der Waals surface area contributed by atoms with Crippen LogP contribution in [0.15, 0.2) is 24.3 Å². The van der Waals surface area contributed by atoms with Crippen molar-refractivity contribution in [1.29, 1.82) is 0 Å². The molecule has 0 aromatic heterocycles. The molecule has 2 unspecified atom stereocenters. The van der Waals surface area contributed by atoms with Gasteiger partial charge < -0.3 is 19.9 Å². The zero-order valence-electron chi connectivity index (χ0n) is 10.5. The highest BCUT2D eigenvalue weighted by molar-refractivity contribution is 5.89. The fraction of sp³-hybridized carbons (Fsp3) is 0.385. The third-order valence-corrected chi connectivity index (χ3v) is 2.96. The molecule has 0 fully saturated rings. The standard InChI is InChI=1S/C13H15NO5/c1-18-7-10(13(16)17)14-12(15)9-6-19-11-5-3-2-4-8(9)11/h2-5,9-10H,6-7H2,1H3,(H,14,15)(H,16,17). The normalized spacial score (nSPS) is 18.3. The Kier molecular flexibility index (Phi) is 4.01. The van der Waals surface area contributed by atoms with Gasteiger partial charge in [0.05, 0.1) is 6.61 Å². The van der Waals surface area contributed by atoms with Crippen LogP contribution in [0.3, 0.4) is 0 Å². The summed E-state index contributed by atoms with van der Waals surface area (Å²) in [6, 6.07) is 6.18. The van der Waals surface area contributed by atoms with Gasteiger partial charge in [-0.25, -0.2) is 4.79 Å². The molecular weight excluding hydrogens is 250 g/mol. The molecule has 2 rings (SSSR count). The third-order valence-electron chi connectivity index (χ3n) is 2.96. The van der Waals surface area contributed by atoms with Crippen LogP contribution in [-0.4, -0.2) is 43.3 Å². The molecular formula is C13H15NO5. The maximum atomic E-state index is 12.1. The summed E-state index contributed by atoms with van der Waals surface area (Å²) >= 11 is 0. The molecule has 0 saturated heterocycles. The van der Waals surface area contributed by atoms with Crippen molar-refractivity contribution in [3.8, 4) is 5.75 Å². The summed E-state index contributed by atoms with van der Waals surface area (Å²) in [6.07, 6.45) is 0. The van der Waals surface area contributed by atoms with Crippen LogP contribution >= 0.6 is 0 Å². The topological polar surface area (TPSA) is 84.9 Å². The van der Waals surface area contributed by atoms with Crippen molar-refractivity contribution in [1.82, 2.24) is 5.32 Å². The third kappa shape index (κ3) is 2.85. The van der Waals surface area contributed by atoms with E-state index in [1.165, 1.54) is 7.11 Å². The molecule has 0 saturated carbocycles. The summed E-state index contributed by atoms with van der Waals surface area (Å²) in [4.78, 5) is 23.0. The molecule has 0 aliphatic carbocycles. The van der Waals surface area contributed by atoms with E-state index in [1.807, 2.05) is 12.1 Å². The fourth-order valence-corrected chi connectivity index (χ4v) is 1.99. The summed E-state index contributed by atoms with van der Waals surface area (Å²) in [7, 11) is 1.38. The molecule has 1 aromatic rings. The van der Waals surface area contributed by atoms with Gasteiger partial charge in [-0.2, -0.15) is 0 Å². The van der Waals surface area contributed by atoms with E-state index in [9.17, 15) is 9.59 Å². The predicted molar refractivity (Wildman–Crippen MR) is 66.1 cm³/mol. The monoisotopic (exact) mass is 265 g/mol. The number of rotatable bonds is 5. The van der Waals surface area contributed by atoms with Crippen molar-refractivity contribution < 1.29 is 24.2 Å². The van der Waals surface area contributed by atoms with Crippen LogP contribution in [0.1, 0.15) is 11.5 Å². The maximum absolute atomic E-state index is 12.1. The van der Waals surface area contributed by atoms with Crippen molar-refractivity contribution in [2.45, 2.75) is 12.0 Å². The highest BCUT2D eigenvalue weighted by atomic mass is 16.5. The minimum Gasteiger partial charge on any atom is -0.492 e. The van der Waals surface area contributed by atoms with Crippen LogP contribution < -0.4 is 10.1 Å². The lowest BCUT2D eigenvalue weighted by Crippen LogP contribution is -2.45. The number of amides is 1. The lowest BCUT2D eigenvalue weighted by Gasteiger charge is -2.16. The first-order chi connectivity index (χ1) is 9.13. The number of para-hydroxylation sites is 1. The molecule has 1 aromatic carbocycles. The number of hydrogen-bond acceptors (Lipinski definition) is 4. The molecule has 0 bridgehead atoms. The SMILES string of the molecule is COCC(NC(=O)C1COc2ccccc21)C(=O)O. The molecule has 1 aliphatic heterocycles. The van der Waals surface area contributed by atoms with Crippen molar-refractivity contribution in [3.05, 3.63) is 29.8 Å². The first-order valence-electron chi connectivity index (χ1n) is 5.87. The van der Waals surface area contributed by atoms with Crippen molar-refractivity contribution in [2.75, 3.05) is 20.3 Å². The largest absolute Gasteiger partial charge is 0.492 e. The Labute approximate surface area is 110 Å². The van der Waals surface area contributed by atoms with Crippen LogP contribution in [-0.2, 0) is 14.3 Å².